The van der Waals surface area contributed by atoms with E-state index in [1.165, 1.54) is 0 Å². The first-order valence-electron chi connectivity index (χ1n) is 5.63. The highest BCUT2D eigenvalue weighted by molar-refractivity contribution is 9.10. The van der Waals surface area contributed by atoms with Crippen LogP contribution in [0.5, 0.6) is 0 Å². The first-order valence-corrected chi connectivity index (χ1v) is 7.81. The van der Waals surface area contributed by atoms with E-state index >= 15 is 0 Å². The van der Waals surface area contributed by atoms with Gasteiger partial charge in [-0.15, -0.1) is 0 Å². The van der Waals surface area contributed by atoms with Crippen LogP contribution in [0, 0.1) is 0 Å². The Kier molecular flexibility index (Phi) is 5.59. The van der Waals surface area contributed by atoms with Gasteiger partial charge in [0.2, 0.25) is 0 Å². The van der Waals surface area contributed by atoms with Gasteiger partial charge < -0.3 is 9.47 Å². The highest BCUT2D eigenvalue weighted by Gasteiger charge is 2.20. The lowest BCUT2D eigenvalue weighted by Gasteiger charge is -2.24. The number of carbonyl (C=O) groups excluding carboxylic acids is 1. The third kappa shape index (κ3) is 3.52. The van der Waals surface area contributed by atoms with Crippen LogP contribution in [-0.4, -0.2) is 40.5 Å². The first kappa shape index (κ1) is 14.6. The van der Waals surface area contributed by atoms with Gasteiger partial charge >= 0.3 is 0 Å². The molecule has 1 unspecified atom stereocenters. The van der Waals surface area contributed by atoms with Crippen molar-refractivity contribution < 1.29 is 4.79 Å². The van der Waals surface area contributed by atoms with Crippen molar-refractivity contribution in [1.29, 1.82) is 0 Å². The fourth-order valence-electron chi connectivity index (χ4n) is 1.65. The Morgan fingerprint density at radius 2 is 2.29 bits per heavy atom. The molecular weight excluding hydrogens is 300 g/mol. The molecule has 3 nitrogen and oxygen atoms in total. The van der Waals surface area contributed by atoms with Crippen LogP contribution in [0.25, 0.3) is 0 Å². The third-order valence-electron chi connectivity index (χ3n) is 2.81. The number of thioether (sulfide) groups is 1. The van der Waals surface area contributed by atoms with Crippen molar-refractivity contribution in [3.05, 3.63) is 22.4 Å². The van der Waals surface area contributed by atoms with E-state index in [1.54, 1.807) is 11.8 Å². The molecule has 0 radical (unpaired) electrons. The second-order valence-electron chi connectivity index (χ2n) is 4.05. The molecule has 0 saturated heterocycles. The minimum atomic E-state index is 0.0825. The monoisotopic (exact) mass is 318 g/mol. The van der Waals surface area contributed by atoms with Crippen LogP contribution in [-0.2, 0) is 6.54 Å². The van der Waals surface area contributed by atoms with Crippen molar-refractivity contribution in [1.82, 2.24) is 9.47 Å². The van der Waals surface area contributed by atoms with Crippen LogP contribution in [0.3, 0.4) is 0 Å². The van der Waals surface area contributed by atoms with E-state index in [0.29, 0.717) is 0 Å². The number of aryl methyl sites for hydroxylation is 1. The number of nitrogens with zero attached hydrogens (tertiary/aromatic N) is 2. The van der Waals surface area contributed by atoms with E-state index in [2.05, 4.69) is 29.1 Å². The summed E-state index contributed by atoms with van der Waals surface area (Å²) >= 11 is 5.17. The first-order chi connectivity index (χ1) is 8.01. The fourth-order valence-corrected chi connectivity index (χ4v) is 2.82. The Labute approximate surface area is 116 Å². The lowest BCUT2D eigenvalue weighted by molar-refractivity contribution is 0.0747. The van der Waals surface area contributed by atoms with Crippen LogP contribution in [0.4, 0.5) is 0 Å². The number of hydrogen-bond acceptors (Lipinski definition) is 2. The molecule has 0 spiro atoms. The highest BCUT2D eigenvalue weighted by atomic mass is 79.9. The van der Waals surface area contributed by atoms with E-state index in [0.717, 1.165) is 22.5 Å². The predicted octanol–water partition coefficient (Wildman–Crippen LogP) is 3.09. The lowest BCUT2D eigenvalue weighted by Crippen LogP contribution is -2.37. The Morgan fingerprint density at radius 1 is 1.65 bits per heavy atom. The largest absolute Gasteiger partial charge is 0.343 e. The quantitative estimate of drug-likeness (QED) is 0.833. The number of amides is 1. The Balaban J connectivity index is 2.87. The van der Waals surface area contributed by atoms with Crippen molar-refractivity contribution in [2.45, 2.75) is 26.4 Å². The molecule has 17 heavy (non-hydrogen) atoms. The average molecular weight is 319 g/mol. The summed E-state index contributed by atoms with van der Waals surface area (Å²) in [7, 11) is 1.87. The molecule has 96 valence electrons. The summed E-state index contributed by atoms with van der Waals surface area (Å²) in [4.78, 5) is 14.1. The zero-order valence-corrected chi connectivity index (χ0v) is 13.1. The van der Waals surface area contributed by atoms with Crippen LogP contribution >= 0.6 is 27.7 Å². The van der Waals surface area contributed by atoms with Crippen molar-refractivity contribution in [3.63, 3.8) is 0 Å². The van der Waals surface area contributed by atoms with Gasteiger partial charge in [-0.25, -0.2) is 0 Å². The van der Waals surface area contributed by atoms with E-state index in [4.69, 9.17) is 0 Å². The molecule has 1 amide bonds. The summed E-state index contributed by atoms with van der Waals surface area (Å²) in [5.41, 5.74) is 0.745. The zero-order chi connectivity index (χ0) is 13.0. The Morgan fingerprint density at radius 3 is 2.82 bits per heavy atom. The number of halogens is 1. The van der Waals surface area contributed by atoms with Gasteiger partial charge in [0.05, 0.1) is 0 Å². The van der Waals surface area contributed by atoms with Gasteiger partial charge in [-0.1, -0.05) is 0 Å². The molecular formula is C12H19BrN2OS. The lowest BCUT2D eigenvalue weighted by atomic mass is 10.3. The summed E-state index contributed by atoms with van der Waals surface area (Å²) in [5, 5.41) is 0. The minimum absolute atomic E-state index is 0.0825. The van der Waals surface area contributed by atoms with E-state index < -0.39 is 0 Å². The highest BCUT2D eigenvalue weighted by Crippen LogP contribution is 2.17. The standard InChI is InChI=1S/C12H19BrN2OS/c1-5-15-7-10(13)6-11(15)12(16)14(3)9(2)8-17-4/h6-7,9H,5,8H2,1-4H3. The van der Waals surface area contributed by atoms with Gasteiger partial charge in [-0.3, -0.25) is 4.79 Å². The number of aromatic nitrogens is 1. The zero-order valence-electron chi connectivity index (χ0n) is 10.7. The summed E-state index contributed by atoms with van der Waals surface area (Å²) in [5.74, 6) is 1.04. The van der Waals surface area contributed by atoms with Gasteiger partial charge in [0.1, 0.15) is 5.69 Å². The molecule has 0 saturated carbocycles. The van der Waals surface area contributed by atoms with E-state index in [-0.39, 0.29) is 11.9 Å². The van der Waals surface area contributed by atoms with Crippen molar-refractivity contribution >= 4 is 33.6 Å². The van der Waals surface area contributed by atoms with E-state index in [9.17, 15) is 4.79 Å². The molecule has 0 aliphatic carbocycles. The average Bonchev–Trinajstić information content (AvgIpc) is 2.68. The van der Waals surface area contributed by atoms with Crippen LogP contribution in [0.15, 0.2) is 16.7 Å². The SMILES string of the molecule is CCn1cc(Br)cc1C(=O)N(C)C(C)CSC. The maximum absolute atomic E-state index is 12.3. The molecule has 1 aromatic rings. The smallest absolute Gasteiger partial charge is 0.270 e. The van der Waals surface area contributed by atoms with E-state index in [1.807, 2.05) is 35.7 Å². The molecule has 1 atom stereocenters. The molecule has 1 aromatic heterocycles. The van der Waals surface area contributed by atoms with Crippen LogP contribution in [0.1, 0.15) is 24.3 Å². The van der Waals surface area contributed by atoms with Gasteiger partial charge in [0.25, 0.3) is 5.91 Å². The summed E-state index contributed by atoms with van der Waals surface area (Å²) < 4.78 is 2.92. The van der Waals surface area contributed by atoms with Crippen molar-refractivity contribution in [2.24, 2.45) is 0 Å². The van der Waals surface area contributed by atoms with Gasteiger partial charge in [0, 0.05) is 36.1 Å². The molecule has 0 aliphatic heterocycles. The summed E-state index contributed by atoms with van der Waals surface area (Å²) in [6.07, 6.45) is 4.00. The second kappa shape index (κ2) is 6.50. The fraction of sp³-hybridized carbons (Fsp3) is 0.583. The molecule has 0 bridgehead atoms. The third-order valence-corrected chi connectivity index (χ3v) is 4.06. The normalized spacial score (nSPS) is 12.5. The topological polar surface area (TPSA) is 25.2 Å². The molecule has 5 heteroatoms. The molecule has 1 heterocycles. The molecule has 1 rings (SSSR count). The molecule has 0 aliphatic rings. The van der Waals surface area contributed by atoms with Gasteiger partial charge in [0.15, 0.2) is 0 Å². The Hall–Kier alpha value is -0.420. The molecule has 0 fully saturated rings. The maximum Gasteiger partial charge on any atom is 0.270 e. The summed E-state index contributed by atoms with van der Waals surface area (Å²) in [6, 6.07) is 2.13. The Bertz CT molecular complexity index is 392. The van der Waals surface area contributed by atoms with Crippen LogP contribution in [0.2, 0.25) is 0 Å². The number of carbonyl (C=O) groups is 1. The number of hydrogen-bond donors (Lipinski definition) is 0. The van der Waals surface area contributed by atoms with Gasteiger partial charge in [-0.2, -0.15) is 11.8 Å². The molecule has 0 aromatic carbocycles. The van der Waals surface area contributed by atoms with Gasteiger partial charge in [-0.05, 0) is 42.1 Å². The predicted molar refractivity (Wildman–Crippen MR) is 77.7 cm³/mol. The maximum atomic E-state index is 12.3. The van der Waals surface area contributed by atoms with Crippen molar-refractivity contribution in [2.75, 3.05) is 19.1 Å². The molecule has 0 N–H and O–H groups in total. The summed E-state index contributed by atoms with van der Waals surface area (Å²) in [6.45, 7) is 4.91. The number of rotatable bonds is 5. The second-order valence-corrected chi connectivity index (χ2v) is 5.88. The van der Waals surface area contributed by atoms with Crippen molar-refractivity contribution in [3.8, 4) is 0 Å². The minimum Gasteiger partial charge on any atom is -0.343 e. The van der Waals surface area contributed by atoms with Crippen LogP contribution < -0.4 is 0 Å².